The number of carbonyl (C=O) groups is 1. The molecule has 0 fully saturated rings. The Morgan fingerprint density at radius 3 is 2.21 bits per heavy atom. The van der Waals surface area contributed by atoms with E-state index in [9.17, 15) is 4.79 Å². The quantitative estimate of drug-likeness (QED) is 0.588. The highest BCUT2D eigenvalue weighted by Gasteiger charge is 2.18. The molecule has 0 aliphatic carbocycles. The fourth-order valence-corrected chi connectivity index (χ4v) is 3.43. The van der Waals surface area contributed by atoms with Gasteiger partial charge in [-0.3, -0.25) is 4.79 Å². The van der Waals surface area contributed by atoms with E-state index in [0.717, 1.165) is 10.0 Å². The molecule has 0 aliphatic rings. The number of rotatable bonds is 4. The molecule has 0 aliphatic heterocycles. The number of benzene rings is 2. The van der Waals surface area contributed by atoms with Gasteiger partial charge >= 0.3 is 0 Å². The highest BCUT2D eigenvalue weighted by Crippen LogP contribution is 2.42. The van der Waals surface area contributed by atoms with Crippen molar-refractivity contribution in [2.24, 2.45) is 0 Å². The van der Waals surface area contributed by atoms with Gasteiger partial charge in [0.1, 0.15) is 0 Å². The molecular formula is C17H15BrCl3NO2. The van der Waals surface area contributed by atoms with E-state index in [1.807, 2.05) is 25.1 Å². The summed E-state index contributed by atoms with van der Waals surface area (Å²) >= 11 is 22.0. The predicted molar refractivity (Wildman–Crippen MR) is 104 cm³/mol. The van der Waals surface area contributed by atoms with Gasteiger partial charge < -0.3 is 10.1 Å². The number of aryl methyl sites for hydroxylation is 1. The first-order valence-electron chi connectivity index (χ1n) is 7.04. The van der Waals surface area contributed by atoms with Gasteiger partial charge in [0.25, 0.3) is 5.91 Å². The highest BCUT2D eigenvalue weighted by atomic mass is 79.9. The molecule has 2 rings (SSSR count). The fraction of sp³-hybridized carbons (Fsp3) is 0.235. The van der Waals surface area contributed by atoms with Crippen LogP contribution in [0.4, 0.5) is 5.69 Å². The standard InChI is InChI=1S/C17H15BrCl3NO2/c1-8-6-11(18)4-5-12(8)22-13(23)7-24-17-15(20)9(2)14(19)10(3)16(17)21/h4-6H,7H2,1-3H3,(H,22,23). The summed E-state index contributed by atoms with van der Waals surface area (Å²) in [6.07, 6.45) is 0. The first kappa shape index (κ1) is 19.4. The van der Waals surface area contributed by atoms with E-state index in [2.05, 4.69) is 21.2 Å². The van der Waals surface area contributed by atoms with Crippen LogP contribution >= 0.6 is 50.7 Å². The monoisotopic (exact) mass is 449 g/mol. The van der Waals surface area contributed by atoms with E-state index in [4.69, 9.17) is 39.5 Å². The van der Waals surface area contributed by atoms with Gasteiger partial charge in [-0.05, 0) is 55.7 Å². The van der Waals surface area contributed by atoms with Crippen LogP contribution in [0.5, 0.6) is 5.75 Å². The summed E-state index contributed by atoms with van der Waals surface area (Å²) < 4.78 is 6.48. The Bertz CT molecular complexity index is 780. The van der Waals surface area contributed by atoms with Gasteiger partial charge in [-0.25, -0.2) is 0 Å². The summed E-state index contributed by atoms with van der Waals surface area (Å²) in [5.41, 5.74) is 2.98. The smallest absolute Gasteiger partial charge is 0.262 e. The molecular weight excluding hydrogens is 436 g/mol. The van der Waals surface area contributed by atoms with Crippen molar-refractivity contribution in [3.05, 3.63) is 54.4 Å². The van der Waals surface area contributed by atoms with Gasteiger partial charge in [0.2, 0.25) is 0 Å². The van der Waals surface area contributed by atoms with Crippen LogP contribution < -0.4 is 10.1 Å². The van der Waals surface area contributed by atoms with Crippen molar-refractivity contribution in [2.75, 3.05) is 11.9 Å². The van der Waals surface area contributed by atoms with E-state index >= 15 is 0 Å². The number of anilines is 1. The summed E-state index contributed by atoms with van der Waals surface area (Å²) in [7, 11) is 0. The zero-order valence-corrected chi connectivity index (χ0v) is 17.1. The second-order valence-corrected chi connectivity index (χ2v) is 7.37. The van der Waals surface area contributed by atoms with Crippen LogP contribution in [0.15, 0.2) is 22.7 Å². The van der Waals surface area contributed by atoms with Gasteiger partial charge in [0.05, 0.1) is 10.0 Å². The lowest BCUT2D eigenvalue weighted by molar-refractivity contribution is -0.118. The molecule has 0 bridgehead atoms. The van der Waals surface area contributed by atoms with Gasteiger partial charge in [0, 0.05) is 15.2 Å². The maximum absolute atomic E-state index is 12.1. The van der Waals surface area contributed by atoms with E-state index in [1.54, 1.807) is 13.8 Å². The molecule has 0 radical (unpaired) electrons. The summed E-state index contributed by atoms with van der Waals surface area (Å²) in [5.74, 6) is -0.0433. The molecule has 3 nitrogen and oxygen atoms in total. The van der Waals surface area contributed by atoms with Gasteiger partial charge in [-0.15, -0.1) is 0 Å². The van der Waals surface area contributed by atoms with E-state index in [-0.39, 0.29) is 18.3 Å². The molecule has 128 valence electrons. The first-order valence-corrected chi connectivity index (χ1v) is 8.97. The maximum atomic E-state index is 12.1. The Hall–Kier alpha value is -0.940. The first-order chi connectivity index (χ1) is 11.2. The number of ether oxygens (including phenoxy) is 1. The number of carbonyl (C=O) groups excluding carboxylic acids is 1. The summed E-state index contributed by atoms with van der Waals surface area (Å²) in [5, 5.41) is 3.90. The second kappa shape index (κ2) is 7.96. The lowest BCUT2D eigenvalue weighted by Gasteiger charge is -2.15. The molecule has 0 heterocycles. The van der Waals surface area contributed by atoms with Crippen LogP contribution in [-0.4, -0.2) is 12.5 Å². The Labute approximate surface area is 164 Å². The minimum absolute atomic E-state index is 0.213. The van der Waals surface area contributed by atoms with Gasteiger partial charge in [-0.2, -0.15) is 0 Å². The Kier molecular flexibility index (Phi) is 6.43. The zero-order valence-electron chi connectivity index (χ0n) is 13.3. The molecule has 0 spiro atoms. The molecule has 0 saturated heterocycles. The Morgan fingerprint density at radius 2 is 1.67 bits per heavy atom. The molecule has 2 aromatic rings. The predicted octanol–water partition coefficient (Wildman–Crippen LogP) is 6.35. The van der Waals surface area contributed by atoms with E-state index in [1.165, 1.54) is 0 Å². The fourth-order valence-electron chi connectivity index (χ4n) is 2.13. The van der Waals surface area contributed by atoms with E-state index in [0.29, 0.717) is 31.9 Å². The van der Waals surface area contributed by atoms with Crippen molar-refractivity contribution in [2.45, 2.75) is 20.8 Å². The van der Waals surface area contributed by atoms with Crippen LogP contribution in [0.25, 0.3) is 0 Å². The number of amides is 1. The average Bonchev–Trinajstić information content (AvgIpc) is 2.53. The lowest BCUT2D eigenvalue weighted by atomic mass is 10.1. The maximum Gasteiger partial charge on any atom is 0.262 e. The minimum atomic E-state index is -0.308. The molecule has 24 heavy (non-hydrogen) atoms. The topological polar surface area (TPSA) is 38.3 Å². The normalized spacial score (nSPS) is 10.6. The minimum Gasteiger partial charge on any atom is -0.481 e. The van der Waals surface area contributed by atoms with E-state index < -0.39 is 0 Å². The van der Waals surface area contributed by atoms with Crippen molar-refractivity contribution in [3.8, 4) is 5.75 Å². The number of hydrogen-bond acceptors (Lipinski definition) is 2. The van der Waals surface area contributed by atoms with Gasteiger partial charge in [0.15, 0.2) is 12.4 Å². The molecule has 1 amide bonds. The van der Waals surface area contributed by atoms with Crippen LogP contribution in [0.1, 0.15) is 16.7 Å². The van der Waals surface area contributed by atoms with Crippen LogP contribution in [0.2, 0.25) is 15.1 Å². The van der Waals surface area contributed by atoms with Crippen LogP contribution in [0, 0.1) is 20.8 Å². The highest BCUT2D eigenvalue weighted by molar-refractivity contribution is 9.10. The molecule has 2 aromatic carbocycles. The zero-order chi connectivity index (χ0) is 18.0. The van der Waals surface area contributed by atoms with Crippen molar-refractivity contribution in [1.82, 2.24) is 0 Å². The second-order valence-electron chi connectivity index (χ2n) is 5.32. The number of nitrogens with one attached hydrogen (secondary N) is 1. The third-order valence-electron chi connectivity index (χ3n) is 3.53. The largest absolute Gasteiger partial charge is 0.481 e. The summed E-state index contributed by atoms with van der Waals surface area (Å²) in [6.45, 7) is 5.23. The third-order valence-corrected chi connectivity index (χ3v) is 5.50. The summed E-state index contributed by atoms with van der Waals surface area (Å²) in [4.78, 5) is 12.1. The Balaban J connectivity index is 2.12. The number of halogens is 4. The van der Waals surface area contributed by atoms with Crippen LogP contribution in [0.3, 0.4) is 0 Å². The molecule has 0 aromatic heterocycles. The number of hydrogen-bond donors (Lipinski definition) is 1. The van der Waals surface area contributed by atoms with Crippen molar-refractivity contribution < 1.29 is 9.53 Å². The Morgan fingerprint density at radius 1 is 1.08 bits per heavy atom. The lowest BCUT2D eigenvalue weighted by Crippen LogP contribution is -2.21. The molecule has 0 atom stereocenters. The third kappa shape index (κ3) is 4.17. The van der Waals surface area contributed by atoms with Gasteiger partial charge in [-0.1, -0.05) is 50.7 Å². The van der Waals surface area contributed by atoms with Crippen molar-refractivity contribution >= 4 is 62.3 Å². The SMILES string of the molecule is Cc1cc(Br)ccc1NC(=O)COc1c(Cl)c(C)c(Cl)c(C)c1Cl. The molecule has 1 N–H and O–H groups in total. The molecule has 0 saturated carbocycles. The van der Waals surface area contributed by atoms with Crippen molar-refractivity contribution in [3.63, 3.8) is 0 Å². The van der Waals surface area contributed by atoms with Crippen LogP contribution in [-0.2, 0) is 4.79 Å². The van der Waals surface area contributed by atoms with Crippen molar-refractivity contribution in [1.29, 1.82) is 0 Å². The molecule has 0 unspecified atom stereocenters. The average molecular weight is 452 g/mol. The molecule has 7 heteroatoms. The summed E-state index contributed by atoms with van der Waals surface area (Å²) in [6, 6.07) is 5.58.